The minimum atomic E-state index is -0.758. The average molecular weight is 168 g/mol. The lowest BCUT2D eigenvalue weighted by molar-refractivity contribution is -0.142. The topological polar surface area (TPSA) is 49.7 Å². The lowest BCUT2D eigenvalue weighted by atomic mass is 9.86. The highest BCUT2D eigenvalue weighted by molar-refractivity contribution is 5.33. The van der Waals surface area contributed by atoms with Gasteiger partial charge in [0.05, 0.1) is 11.7 Å². The summed E-state index contributed by atoms with van der Waals surface area (Å²) in [6.07, 6.45) is 2.01. The summed E-state index contributed by atoms with van der Waals surface area (Å²) in [5, 5.41) is 19.4. The van der Waals surface area contributed by atoms with Crippen molar-refractivity contribution in [2.45, 2.75) is 31.3 Å². The molecule has 2 N–H and O–H groups in total. The molecule has 3 heteroatoms. The summed E-state index contributed by atoms with van der Waals surface area (Å²) in [7, 11) is 0. The molecule has 5 unspecified atom stereocenters. The molecule has 0 aromatic heterocycles. The van der Waals surface area contributed by atoms with Crippen LogP contribution in [0.2, 0.25) is 0 Å². The van der Waals surface area contributed by atoms with Crippen molar-refractivity contribution in [1.82, 2.24) is 0 Å². The highest BCUT2D eigenvalue weighted by Crippen LogP contribution is 2.56. The number of ether oxygens (including phenoxy) is 1. The molecule has 0 radical (unpaired) electrons. The lowest BCUT2D eigenvalue weighted by Gasteiger charge is -2.29. The molecule has 1 heterocycles. The molecule has 2 bridgehead atoms. The van der Waals surface area contributed by atoms with Crippen LogP contribution in [0.3, 0.4) is 0 Å². The first-order valence-electron chi connectivity index (χ1n) is 4.38. The summed E-state index contributed by atoms with van der Waals surface area (Å²) in [5.74, 6) is 0.472. The standard InChI is InChI=1S/C9H12O3/c1-9(11)4-2-5-6(3-4)8(10)12-7(5)9/h3-5,7-8,10-11H,2H2,1H3. The van der Waals surface area contributed by atoms with E-state index < -0.39 is 11.9 Å². The van der Waals surface area contributed by atoms with E-state index in [1.165, 1.54) is 0 Å². The van der Waals surface area contributed by atoms with Crippen LogP contribution in [-0.4, -0.2) is 28.2 Å². The second-order valence-corrected chi connectivity index (χ2v) is 4.25. The minimum Gasteiger partial charge on any atom is -0.387 e. The molecule has 1 saturated heterocycles. The Kier molecular flexibility index (Phi) is 1.04. The Morgan fingerprint density at radius 1 is 1.67 bits per heavy atom. The van der Waals surface area contributed by atoms with E-state index in [0.717, 1.165) is 12.0 Å². The van der Waals surface area contributed by atoms with Gasteiger partial charge in [0.1, 0.15) is 0 Å². The molecule has 0 amide bonds. The van der Waals surface area contributed by atoms with Gasteiger partial charge in [-0.15, -0.1) is 0 Å². The van der Waals surface area contributed by atoms with E-state index in [-0.39, 0.29) is 17.9 Å². The predicted molar refractivity (Wildman–Crippen MR) is 41.2 cm³/mol. The molecule has 2 fully saturated rings. The summed E-state index contributed by atoms with van der Waals surface area (Å²) < 4.78 is 5.29. The summed E-state index contributed by atoms with van der Waals surface area (Å²) in [4.78, 5) is 0. The van der Waals surface area contributed by atoms with Gasteiger partial charge in [0.25, 0.3) is 0 Å². The number of hydrogen-bond donors (Lipinski definition) is 2. The molecule has 66 valence electrons. The number of hydrogen-bond acceptors (Lipinski definition) is 3. The molecule has 12 heavy (non-hydrogen) atoms. The van der Waals surface area contributed by atoms with Crippen molar-refractivity contribution in [1.29, 1.82) is 0 Å². The van der Waals surface area contributed by atoms with Crippen LogP contribution in [0, 0.1) is 11.8 Å². The second kappa shape index (κ2) is 1.76. The van der Waals surface area contributed by atoms with E-state index in [4.69, 9.17) is 4.74 Å². The van der Waals surface area contributed by atoms with Crippen molar-refractivity contribution in [2.24, 2.45) is 11.8 Å². The number of aliphatic hydroxyl groups is 2. The van der Waals surface area contributed by atoms with Gasteiger partial charge in [-0.3, -0.25) is 0 Å². The maximum Gasteiger partial charge on any atom is 0.177 e. The van der Waals surface area contributed by atoms with Gasteiger partial charge in [-0.25, -0.2) is 0 Å². The fourth-order valence-corrected chi connectivity index (χ4v) is 2.87. The van der Waals surface area contributed by atoms with Crippen LogP contribution < -0.4 is 0 Å². The first kappa shape index (κ1) is 7.06. The molecule has 0 aromatic carbocycles. The van der Waals surface area contributed by atoms with Gasteiger partial charge in [-0.1, -0.05) is 6.08 Å². The predicted octanol–water partition coefficient (Wildman–Crippen LogP) is 0.0307. The fraction of sp³-hybridized carbons (Fsp3) is 0.778. The molecule has 2 aliphatic carbocycles. The SMILES string of the molecule is CC1(O)C2C=C3C(O)OC1C3C2. The van der Waals surface area contributed by atoms with Gasteiger partial charge >= 0.3 is 0 Å². The van der Waals surface area contributed by atoms with Crippen molar-refractivity contribution >= 4 is 0 Å². The van der Waals surface area contributed by atoms with E-state index in [2.05, 4.69) is 0 Å². The van der Waals surface area contributed by atoms with E-state index in [9.17, 15) is 10.2 Å². The van der Waals surface area contributed by atoms with Gasteiger partial charge in [0.15, 0.2) is 6.29 Å². The maximum atomic E-state index is 10.0. The lowest BCUT2D eigenvalue weighted by Crippen LogP contribution is -2.41. The van der Waals surface area contributed by atoms with E-state index in [1.54, 1.807) is 6.92 Å². The van der Waals surface area contributed by atoms with E-state index >= 15 is 0 Å². The van der Waals surface area contributed by atoms with Crippen LogP contribution in [0.5, 0.6) is 0 Å². The van der Waals surface area contributed by atoms with Crippen LogP contribution in [0.25, 0.3) is 0 Å². The van der Waals surface area contributed by atoms with Crippen molar-refractivity contribution < 1.29 is 14.9 Å². The Morgan fingerprint density at radius 2 is 2.42 bits per heavy atom. The molecule has 3 rings (SSSR count). The Labute approximate surface area is 70.7 Å². The molecule has 1 aliphatic heterocycles. The van der Waals surface area contributed by atoms with Gasteiger partial charge in [0.2, 0.25) is 0 Å². The molecular formula is C9H12O3. The zero-order chi connectivity index (χ0) is 8.51. The van der Waals surface area contributed by atoms with Crippen molar-refractivity contribution in [3.63, 3.8) is 0 Å². The molecule has 0 aromatic rings. The van der Waals surface area contributed by atoms with Crippen LogP contribution in [0.1, 0.15) is 13.3 Å². The van der Waals surface area contributed by atoms with Gasteiger partial charge in [0, 0.05) is 11.8 Å². The van der Waals surface area contributed by atoms with Gasteiger partial charge in [-0.05, 0) is 18.9 Å². The van der Waals surface area contributed by atoms with Crippen LogP contribution >= 0.6 is 0 Å². The van der Waals surface area contributed by atoms with Crippen LogP contribution in [0.15, 0.2) is 11.6 Å². The summed E-state index contributed by atoms with van der Waals surface area (Å²) in [6.45, 7) is 1.80. The molecular weight excluding hydrogens is 156 g/mol. The molecule has 3 aliphatic rings. The molecule has 0 spiro atoms. The van der Waals surface area contributed by atoms with Crippen LogP contribution in [0.4, 0.5) is 0 Å². The smallest absolute Gasteiger partial charge is 0.177 e. The Hall–Kier alpha value is -0.380. The third kappa shape index (κ3) is 0.563. The Bertz CT molecular complexity index is 269. The molecule has 3 nitrogen and oxygen atoms in total. The zero-order valence-corrected chi connectivity index (χ0v) is 6.90. The van der Waals surface area contributed by atoms with Crippen molar-refractivity contribution in [3.8, 4) is 0 Å². The average Bonchev–Trinajstić information content (AvgIpc) is 2.53. The largest absolute Gasteiger partial charge is 0.387 e. The van der Waals surface area contributed by atoms with E-state index in [0.29, 0.717) is 0 Å². The van der Waals surface area contributed by atoms with Crippen LogP contribution in [-0.2, 0) is 4.74 Å². The van der Waals surface area contributed by atoms with Gasteiger partial charge in [-0.2, -0.15) is 0 Å². The minimum absolute atomic E-state index is 0.169. The number of rotatable bonds is 0. The Balaban J connectivity index is 2.11. The first-order chi connectivity index (χ1) is 5.60. The fourth-order valence-electron chi connectivity index (χ4n) is 2.87. The molecule has 1 saturated carbocycles. The number of aliphatic hydroxyl groups excluding tert-OH is 1. The quantitative estimate of drug-likeness (QED) is 0.502. The third-order valence-corrected chi connectivity index (χ3v) is 3.58. The summed E-state index contributed by atoms with van der Waals surface area (Å²) in [6, 6.07) is 0. The monoisotopic (exact) mass is 168 g/mol. The second-order valence-electron chi connectivity index (χ2n) is 4.25. The summed E-state index contributed by atoms with van der Waals surface area (Å²) >= 11 is 0. The highest BCUT2D eigenvalue weighted by atomic mass is 16.6. The normalized spacial score (nSPS) is 61.1. The third-order valence-electron chi connectivity index (χ3n) is 3.58. The van der Waals surface area contributed by atoms with Gasteiger partial charge < -0.3 is 14.9 Å². The van der Waals surface area contributed by atoms with E-state index in [1.807, 2.05) is 6.08 Å². The van der Waals surface area contributed by atoms with Crippen molar-refractivity contribution in [3.05, 3.63) is 11.6 Å². The maximum absolute atomic E-state index is 10.0. The van der Waals surface area contributed by atoms with Crippen molar-refractivity contribution in [2.75, 3.05) is 0 Å². The number of fused-ring (bicyclic) bond motifs is 1. The Morgan fingerprint density at radius 3 is 3.00 bits per heavy atom. The summed E-state index contributed by atoms with van der Waals surface area (Å²) in [5.41, 5.74) is 0.238. The highest BCUT2D eigenvalue weighted by Gasteiger charge is 2.61. The first-order valence-corrected chi connectivity index (χ1v) is 4.38. The molecule has 5 atom stereocenters. The zero-order valence-electron chi connectivity index (χ0n) is 6.90.